The third kappa shape index (κ3) is 3.88. The molecule has 6 heteroatoms. The molecule has 2 amide bonds. The summed E-state index contributed by atoms with van der Waals surface area (Å²) < 4.78 is 0.840. The topological polar surface area (TPSA) is 49.4 Å². The van der Waals surface area contributed by atoms with Gasteiger partial charge in [0, 0.05) is 23.1 Å². The Hall–Kier alpha value is -1.85. The van der Waals surface area contributed by atoms with Gasteiger partial charge in [0.15, 0.2) is 0 Å². The van der Waals surface area contributed by atoms with Crippen molar-refractivity contribution in [1.29, 1.82) is 0 Å². The van der Waals surface area contributed by atoms with E-state index in [2.05, 4.69) is 21.2 Å². The van der Waals surface area contributed by atoms with Crippen LogP contribution >= 0.6 is 27.5 Å². The quantitative estimate of drug-likeness (QED) is 0.780. The van der Waals surface area contributed by atoms with Gasteiger partial charge in [-0.15, -0.1) is 0 Å². The number of carbonyl (C=O) groups excluding carboxylic acids is 2. The first-order valence-electron chi connectivity index (χ1n) is 7.98. The lowest BCUT2D eigenvalue weighted by Gasteiger charge is -2.19. The number of rotatable bonds is 3. The molecule has 1 fully saturated rings. The van der Waals surface area contributed by atoms with Crippen molar-refractivity contribution in [2.75, 3.05) is 16.8 Å². The standard InChI is InChI=1S/C19H18BrClN2O2/c1-11-3-4-12(2)17(7-11)23-10-13(8-18(23)24)19(25)22-16-6-5-14(20)9-15(16)21/h3-7,9,13H,8,10H2,1-2H3,(H,22,25)/t13-/m0/s1. The second-order valence-electron chi connectivity index (χ2n) is 6.31. The van der Waals surface area contributed by atoms with Gasteiger partial charge < -0.3 is 10.2 Å². The van der Waals surface area contributed by atoms with Gasteiger partial charge in [0.2, 0.25) is 11.8 Å². The first-order chi connectivity index (χ1) is 11.8. The molecule has 0 radical (unpaired) electrons. The maximum Gasteiger partial charge on any atom is 0.229 e. The number of nitrogens with one attached hydrogen (secondary N) is 1. The van der Waals surface area contributed by atoms with Crippen molar-refractivity contribution in [1.82, 2.24) is 0 Å². The molecule has 0 bridgehead atoms. The molecule has 0 saturated carbocycles. The van der Waals surface area contributed by atoms with E-state index in [1.165, 1.54) is 0 Å². The fourth-order valence-electron chi connectivity index (χ4n) is 2.95. The fourth-order valence-corrected chi connectivity index (χ4v) is 3.67. The van der Waals surface area contributed by atoms with Gasteiger partial charge in [-0.2, -0.15) is 0 Å². The number of hydrogen-bond acceptors (Lipinski definition) is 2. The van der Waals surface area contributed by atoms with E-state index in [1.807, 2.05) is 38.1 Å². The van der Waals surface area contributed by atoms with E-state index in [-0.39, 0.29) is 18.2 Å². The number of anilines is 2. The van der Waals surface area contributed by atoms with Crippen LogP contribution in [0.25, 0.3) is 0 Å². The lowest BCUT2D eigenvalue weighted by molar-refractivity contribution is -0.122. The molecule has 1 N–H and O–H groups in total. The first kappa shape index (κ1) is 18.0. The zero-order chi connectivity index (χ0) is 18.1. The van der Waals surface area contributed by atoms with E-state index in [9.17, 15) is 9.59 Å². The number of amides is 2. The number of aryl methyl sites for hydroxylation is 2. The van der Waals surface area contributed by atoms with Crippen LogP contribution in [0.1, 0.15) is 17.5 Å². The van der Waals surface area contributed by atoms with E-state index >= 15 is 0 Å². The summed E-state index contributed by atoms with van der Waals surface area (Å²) in [4.78, 5) is 26.7. The largest absolute Gasteiger partial charge is 0.324 e. The molecule has 2 aromatic carbocycles. The summed E-state index contributed by atoms with van der Waals surface area (Å²) >= 11 is 9.48. The lowest BCUT2D eigenvalue weighted by Crippen LogP contribution is -2.28. The molecule has 2 aromatic rings. The average Bonchev–Trinajstić information content (AvgIpc) is 2.94. The maximum absolute atomic E-state index is 12.6. The van der Waals surface area contributed by atoms with Gasteiger partial charge in [-0.25, -0.2) is 0 Å². The molecule has 130 valence electrons. The minimum Gasteiger partial charge on any atom is -0.324 e. The molecule has 0 aliphatic carbocycles. The Bertz CT molecular complexity index is 853. The average molecular weight is 422 g/mol. The van der Waals surface area contributed by atoms with Gasteiger partial charge in [0.05, 0.1) is 16.6 Å². The Morgan fingerprint density at radius 1 is 1.24 bits per heavy atom. The first-order valence-corrected chi connectivity index (χ1v) is 9.16. The SMILES string of the molecule is Cc1ccc(C)c(N2C[C@@H](C(=O)Nc3ccc(Br)cc3Cl)CC2=O)c1. The highest BCUT2D eigenvalue weighted by Gasteiger charge is 2.35. The van der Waals surface area contributed by atoms with E-state index in [4.69, 9.17) is 11.6 Å². The Morgan fingerprint density at radius 2 is 2.00 bits per heavy atom. The molecule has 1 heterocycles. The Kier molecular flexibility index (Phi) is 5.16. The zero-order valence-electron chi connectivity index (χ0n) is 14.0. The molecule has 1 aliphatic rings. The Labute approximate surface area is 160 Å². The van der Waals surface area contributed by atoms with Crippen molar-refractivity contribution < 1.29 is 9.59 Å². The number of hydrogen-bond donors (Lipinski definition) is 1. The summed E-state index contributed by atoms with van der Waals surface area (Å²) in [5, 5.41) is 3.28. The second-order valence-corrected chi connectivity index (χ2v) is 7.63. The molecule has 0 aromatic heterocycles. The van der Waals surface area contributed by atoms with Crippen molar-refractivity contribution in [3.05, 3.63) is 57.0 Å². The molecule has 1 aliphatic heterocycles. The van der Waals surface area contributed by atoms with Crippen molar-refractivity contribution >= 4 is 50.7 Å². The molecule has 3 rings (SSSR count). The van der Waals surface area contributed by atoms with Gasteiger partial charge in [-0.05, 0) is 49.2 Å². The van der Waals surface area contributed by atoms with Gasteiger partial charge in [-0.3, -0.25) is 9.59 Å². The fraction of sp³-hybridized carbons (Fsp3) is 0.263. The van der Waals surface area contributed by atoms with Crippen LogP contribution in [0.5, 0.6) is 0 Å². The van der Waals surface area contributed by atoms with Crippen LogP contribution in [0.3, 0.4) is 0 Å². The number of nitrogens with zero attached hydrogens (tertiary/aromatic N) is 1. The van der Waals surface area contributed by atoms with Crippen molar-refractivity contribution in [2.45, 2.75) is 20.3 Å². The predicted octanol–water partition coefficient (Wildman–Crippen LogP) is 4.71. The normalized spacial score (nSPS) is 17.0. The molecule has 25 heavy (non-hydrogen) atoms. The monoisotopic (exact) mass is 420 g/mol. The van der Waals surface area contributed by atoms with E-state index in [0.717, 1.165) is 21.3 Å². The highest BCUT2D eigenvalue weighted by Crippen LogP contribution is 2.31. The molecule has 0 unspecified atom stereocenters. The smallest absolute Gasteiger partial charge is 0.229 e. The highest BCUT2D eigenvalue weighted by molar-refractivity contribution is 9.10. The summed E-state index contributed by atoms with van der Waals surface area (Å²) in [5.41, 5.74) is 3.54. The van der Waals surface area contributed by atoms with E-state index in [1.54, 1.807) is 17.0 Å². The van der Waals surface area contributed by atoms with Crippen LogP contribution in [-0.2, 0) is 9.59 Å². The molecule has 0 spiro atoms. The van der Waals surface area contributed by atoms with Crippen molar-refractivity contribution in [2.24, 2.45) is 5.92 Å². The summed E-state index contributed by atoms with van der Waals surface area (Å²) in [6.07, 6.45) is 0.202. The molecule has 1 saturated heterocycles. The predicted molar refractivity (Wildman–Crippen MR) is 104 cm³/mol. The van der Waals surface area contributed by atoms with Crippen LogP contribution in [0.2, 0.25) is 5.02 Å². The third-order valence-corrected chi connectivity index (χ3v) is 5.15. The minimum absolute atomic E-state index is 0.0317. The van der Waals surface area contributed by atoms with Crippen LogP contribution in [-0.4, -0.2) is 18.4 Å². The summed E-state index contributed by atoms with van der Waals surface area (Å²) in [7, 11) is 0. The summed E-state index contributed by atoms with van der Waals surface area (Å²) in [5.74, 6) is -0.617. The van der Waals surface area contributed by atoms with Gasteiger partial charge >= 0.3 is 0 Å². The highest BCUT2D eigenvalue weighted by atomic mass is 79.9. The Balaban J connectivity index is 1.75. The van der Waals surface area contributed by atoms with Crippen LogP contribution < -0.4 is 10.2 Å². The molecule has 4 nitrogen and oxygen atoms in total. The zero-order valence-corrected chi connectivity index (χ0v) is 16.3. The molecular formula is C19H18BrClN2O2. The Morgan fingerprint density at radius 3 is 2.72 bits per heavy atom. The van der Waals surface area contributed by atoms with Crippen molar-refractivity contribution in [3.8, 4) is 0 Å². The van der Waals surface area contributed by atoms with Crippen LogP contribution in [0, 0.1) is 19.8 Å². The number of benzene rings is 2. The molecular weight excluding hydrogens is 404 g/mol. The van der Waals surface area contributed by atoms with Gasteiger partial charge in [0.1, 0.15) is 0 Å². The number of carbonyl (C=O) groups is 2. The third-order valence-electron chi connectivity index (χ3n) is 4.34. The summed E-state index contributed by atoms with van der Waals surface area (Å²) in [6, 6.07) is 11.3. The van der Waals surface area contributed by atoms with Gasteiger partial charge in [0.25, 0.3) is 0 Å². The summed E-state index contributed by atoms with van der Waals surface area (Å²) in [6.45, 7) is 4.34. The van der Waals surface area contributed by atoms with Gasteiger partial charge in [-0.1, -0.05) is 39.7 Å². The van der Waals surface area contributed by atoms with Crippen LogP contribution in [0.15, 0.2) is 40.9 Å². The number of halogens is 2. The lowest BCUT2D eigenvalue weighted by atomic mass is 10.1. The van der Waals surface area contributed by atoms with Crippen LogP contribution in [0.4, 0.5) is 11.4 Å². The van der Waals surface area contributed by atoms with E-state index < -0.39 is 5.92 Å². The second kappa shape index (κ2) is 7.18. The van der Waals surface area contributed by atoms with Crippen molar-refractivity contribution in [3.63, 3.8) is 0 Å². The minimum atomic E-state index is -0.396. The maximum atomic E-state index is 12.6. The molecule has 1 atom stereocenters. The van der Waals surface area contributed by atoms with E-state index in [0.29, 0.717) is 17.3 Å².